The number of hydrogen-bond acceptors (Lipinski definition) is 3. The summed E-state index contributed by atoms with van der Waals surface area (Å²) in [7, 11) is 0. The van der Waals surface area contributed by atoms with Gasteiger partial charge in [-0.15, -0.1) is 0 Å². The summed E-state index contributed by atoms with van der Waals surface area (Å²) in [5.41, 5.74) is 1.61. The third-order valence-corrected chi connectivity index (χ3v) is 5.58. The molecule has 0 aromatic heterocycles. The monoisotopic (exact) mass is 518 g/mol. The molecule has 0 aliphatic carbocycles. The zero-order valence-electron chi connectivity index (χ0n) is 18.6. The number of halogens is 5. The molecule has 0 heterocycles. The van der Waals surface area contributed by atoms with Gasteiger partial charge in [-0.1, -0.05) is 35.3 Å². The lowest BCUT2D eigenvalue weighted by Gasteiger charge is -2.14. The maximum atomic E-state index is 12.9. The van der Waals surface area contributed by atoms with E-state index in [0.717, 1.165) is 28.8 Å². The van der Waals surface area contributed by atoms with E-state index in [1.807, 2.05) is 13.8 Å². The number of ether oxygens (including phenoxy) is 1. The maximum absolute atomic E-state index is 12.9. The molecule has 180 valence electrons. The fourth-order valence-corrected chi connectivity index (χ4v) is 3.83. The number of alkyl halides is 3. The summed E-state index contributed by atoms with van der Waals surface area (Å²) in [4.78, 5) is 12.5. The van der Waals surface area contributed by atoms with Gasteiger partial charge in [0.2, 0.25) is 0 Å². The molecule has 0 spiro atoms. The molecule has 0 fully saturated rings. The smallest absolute Gasteiger partial charge is 0.416 e. The summed E-state index contributed by atoms with van der Waals surface area (Å²) >= 11 is 12.1. The average Bonchev–Trinajstić information content (AvgIpc) is 2.77. The van der Waals surface area contributed by atoms with Crippen LogP contribution in [0.25, 0.3) is 6.08 Å². The second-order valence-corrected chi connectivity index (χ2v) is 8.55. The predicted molar refractivity (Wildman–Crippen MR) is 130 cm³/mol. The first-order valence-corrected chi connectivity index (χ1v) is 11.0. The lowest BCUT2D eigenvalue weighted by atomic mass is 10.0. The van der Waals surface area contributed by atoms with Crippen molar-refractivity contribution in [2.45, 2.75) is 26.6 Å². The zero-order valence-corrected chi connectivity index (χ0v) is 20.1. The molecular formula is C26H19Cl2F3N2O2. The topological polar surface area (TPSA) is 62.1 Å². The molecule has 0 bridgehead atoms. The van der Waals surface area contributed by atoms with Crippen molar-refractivity contribution in [2.24, 2.45) is 0 Å². The number of carbonyl (C=O) groups is 1. The second-order valence-electron chi connectivity index (χ2n) is 7.71. The number of benzene rings is 3. The van der Waals surface area contributed by atoms with Gasteiger partial charge in [-0.2, -0.15) is 18.4 Å². The van der Waals surface area contributed by atoms with Crippen molar-refractivity contribution in [3.63, 3.8) is 0 Å². The maximum Gasteiger partial charge on any atom is 0.416 e. The fourth-order valence-electron chi connectivity index (χ4n) is 3.37. The molecule has 3 aromatic carbocycles. The van der Waals surface area contributed by atoms with Crippen molar-refractivity contribution in [3.8, 4) is 11.8 Å². The van der Waals surface area contributed by atoms with E-state index >= 15 is 0 Å². The van der Waals surface area contributed by atoms with Gasteiger partial charge in [0.1, 0.15) is 24.0 Å². The highest BCUT2D eigenvalue weighted by molar-refractivity contribution is 6.35. The minimum Gasteiger partial charge on any atom is -0.488 e. The second kappa shape index (κ2) is 10.9. The van der Waals surface area contributed by atoms with Gasteiger partial charge in [0.15, 0.2) is 0 Å². The molecule has 0 saturated carbocycles. The predicted octanol–water partition coefficient (Wildman–Crippen LogP) is 7.75. The minimum atomic E-state index is -4.55. The summed E-state index contributed by atoms with van der Waals surface area (Å²) in [5.74, 6) is -0.195. The van der Waals surface area contributed by atoms with Gasteiger partial charge in [-0.25, -0.2) is 0 Å². The summed E-state index contributed by atoms with van der Waals surface area (Å²) in [6.45, 7) is 3.85. The van der Waals surface area contributed by atoms with E-state index in [2.05, 4.69) is 5.32 Å². The molecule has 4 nitrogen and oxygen atoms in total. The Balaban J connectivity index is 1.78. The van der Waals surface area contributed by atoms with E-state index < -0.39 is 17.6 Å². The number of aryl methyl sites for hydroxylation is 2. The Hall–Kier alpha value is -3.47. The van der Waals surface area contributed by atoms with Crippen LogP contribution in [0.3, 0.4) is 0 Å². The lowest BCUT2D eigenvalue weighted by molar-refractivity contribution is -0.137. The highest BCUT2D eigenvalue weighted by Gasteiger charge is 2.30. The molecule has 0 radical (unpaired) electrons. The summed E-state index contributed by atoms with van der Waals surface area (Å²) < 4.78 is 44.7. The highest BCUT2D eigenvalue weighted by Crippen LogP contribution is 2.31. The van der Waals surface area contributed by atoms with Gasteiger partial charge in [0, 0.05) is 21.3 Å². The van der Waals surface area contributed by atoms with E-state index in [1.54, 1.807) is 36.4 Å². The van der Waals surface area contributed by atoms with Gasteiger partial charge in [0.25, 0.3) is 5.91 Å². The Bertz CT molecular complexity index is 1320. The molecule has 35 heavy (non-hydrogen) atoms. The molecule has 1 N–H and O–H groups in total. The number of hydrogen-bond donors (Lipinski definition) is 1. The van der Waals surface area contributed by atoms with E-state index in [1.165, 1.54) is 18.2 Å². The third-order valence-electron chi connectivity index (χ3n) is 4.99. The average molecular weight is 519 g/mol. The largest absolute Gasteiger partial charge is 0.488 e. The van der Waals surface area contributed by atoms with Crippen LogP contribution in [0.5, 0.6) is 5.75 Å². The molecule has 0 saturated heterocycles. The van der Waals surface area contributed by atoms with Gasteiger partial charge in [-0.05, 0) is 79.1 Å². The number of anilines is 1. The Labute approximate surface area is 210 Å². The van der Waals surface area contributed by atoms with Crippen molar-refractivity contribution >= 4 is 40.9 Å². The summed E-state index contributed by atoms with van der Waals surface area (Å²) in [5, 5.41) is 12.8. The number of nitrogens with one attached hydrogen (secondary N) is 1. The fraction of sp³-hybridized carbons (Fsp3) is 0.154. The van der Waals surface area contributed by atoms with Gasteiger partial charge in [0.05, 0.1) is 5.56 Å². The number of nitriles is 1. The van der Waals surface area contributed by atoms with Crippen LogP contribution in [0, 0.1) is 25.2 Å². The van der Waals surface area contributed by atoms with Crippen molar-refractivity contribution < 1.29 is 22.7 Å². The molecule has 0 atom stereocenters. The standard InChI is InChI=1S/C26H19Cl2F3N2O2/c1-15-8-17(9-16(2)24(15)35-14-18-6-7-21(27)12-23(18)28)10-19(13-32)25(34)33-22-5-3-4-20(11-22)26(29,30)31/h3-12H,14H2,1-2H3,(H,33,34)/b19-10+. The van der Waals surface area contributed by atoms with E-state index in [9.17, 15) is 23.2 Å². The Morgan fingerprint density at radius 3 is 2.37 bits per heavy atom. The normalized spacial score (nSPS) is 11.7. The van der Waals surface area contributed by atoms with Crippen molar-refractivity contribution in [2.75, 3.05) is 5.32 Å². The third kappa shape index (κ3) is 6.78. The van der Waals surface area contributed by atoms with Gasteiger partial charge in [-0.3, -0.25) is 4.79 Å². The van der Waals surface area contributed by atoms with E-state index in [0.29, 0.717) is 21.4 Å². The Morgan fingerprint density at radius 1 is 1.09 bits per heavy atom. The number of carbonyl (C=O) groups excluding carboxylic acids is 1. The lowest BCUT2D eigenvalue weighted by Crippen LogP contribution is -2.14. The van der Waals surface area contributed by atoms with Crippen LogP contribution in [-0.4, -0.2) is 5.91 Å². The number of nitrogens with zero attached hydrogens (tertiary/aromatic N) is 1. The molecule has 0 unspecified atom stereocenters. The molecule has 0 aliphatic heterocycles. The van der Waals surface area contributed by atoms with E-state index in [4.69, 9.17) is 27.9 Å². The summed E-state index contributed by atoms with van der Waals surface area (Å²) in [6.07, 6.45) is -3.19. The van der Waals surface area contributed by atoms with Crippen LogP contribution in [0.2, 0.25) is 10.0 Å². The Morgan fingerprint density at radius 2 is 1.77 bits per heavy atom. The van der Waals surface area contributed by atoms with Gasteiger partial charge >= 0.3 is 6.18 Å². The van der Waals surface area contributed by atoms with Crippen LogP contribution < -0.4 is 10.1 Å². The first-order chi connectivity index (χ1) is 16.5. The first-order valence-electron chi connectivity index (χ1n) is 10.3. The highest BCUT2D eigenvalue weighted by atomic mass is 35.5. The van der Waals surface area contributed by atoms with E-state index in [-0.39, 0.29) is 17.9 Å². The van der Waals surface area contributed by atoms with Crippen molar-refractivity contribution in [3.05, 3.63) is 98.0 Å². The van der Waals surface area contributed by atoms with Crippen LogP contribution >= 0.6 is 23.2 Å². The summed E-state index contributed by atoms with van der Waals surface area (Å²) in [6, 6.07) is 14.6. The molecule has 0 aliphatic rings. The SMILES string of the molecule is Cc1cc(/C=C(\C#N)C(=O)Nc2cccc(C(F)(F)F)c2)cc(C)c1OCc1ccc(Cl)cc1Cl. The first kappa shape index (κ1) is 26.1. The molecule has 3 rings (SSSR count). The molecule has 1 amide bonds. The Kier molecular flexibility index (Phi) is 8.11. The minimum absolute atomic E-state index is 0.0667. The molecule has 3 aromatic rings. The zero-order chi connectivity index (χ0) is 25.8. The molecular weight excluding hydrogens is 500 g/mol. The van der Waals surface area contributed by atoms with Crippen LogP contribution in [0.4, 0.5) is 18.9 Å². The molecule has 9 heteroatoms. The van der Waals surface area contributed by atoms with Crippen molar-refractivity contribution in [1.82, 2.24) is 0 Å². The van der Waals surface area contributed by atoms with Crippen LogP contribution in [0.1, 0.15) is 27.8 Å². The van der Waals surface area contributed by atoms with Crippen LogP contribution in [0.15, 0.2) is 60.2 Å². The number of amides is 1. The number of rotatable bonds is 6. The van der Waals surface area contributed by atoms with Crippen LogP contribution in [-0.2, 0) is 17.6 Å². The quantitative estimate of drug-likeness (QED) is 0.268. The van der Waals surface area contributed by atoms with Gasteiger partial charge < -0.3 is 10.1 Å². The van der Waals surface area contributed by atoms with Crippen molar-refractivity contribution in [1.29, 1.82) is 5.26 Å².